The Bertz CT molecular complexity index is 800. The minimum Gasteiger partial charge on any atom is -0.316 e. The first kappa shape index (κ1) is 17.0. The first-order valence-electron chi connectivity index (χ1n) is 6.59. The number of alkyl halides is 1. The summed E-state index contributed by atoms with van der Waals surface area (Å²) in [7, 11) is -3.16. The van der Waals surface area contributed by atoms with Crippen molar-refractivity contribution in [3.63, 3.8) is 0 Å². The smallest absolute Gasteiger partial charge is 0.262 e. The molecule has 23 heavy (non-hydrogen) atoms. The number of hydrogen-bond acceptors (Lipinski definition) is 4. The van der Waals surface area contributed by atoms with Crippen LogP contribution >= 0.6 is 35.0 Å². The van der Waals surface area contributed by atoms with Crippen molar-refractivity contribution in [1.82, 2.24) is 0 Å². The fraction of sp³-hybridized carbons (Fsp3) is 0.385. The molecule has 3 rings (SSSR count). The first-order valence-corrected chi connectivity index (χ1v) is 10.2. The van der Waals surface area contributed by atoms with Gasteiger partial charge in [-0.05, 0) is 18.2 Å². The molecule has 2 fully saturated rings. The second-order valence-electron chi connectivity index (χ2n) is 5.19. The van der Waals surface area contributed by atoms with Crippen LogP contribution in [0.1, 0.15) is 0 Å². The molecule has 1 aromatic rings. The Kier molecular flexibility index (Phi) is 4.61. The zero-order valence-corrected chi connectivity index (χ0v) is 14.7. The third kappa shape index (κ3) is 3.35. The number of hydrogen-bond donors (Lipinski definition) is 0. The number of anilines is 1. The summed E-state index contributed by atoms with van der Waals surface area (Å²) in [5.41, 5.74) is 0.495. The molecule has 0 aliphatic carbocycles. The first-order chi connectivity index (χ1) is 10.8. The van der Waals surface area contributed by atoms with Crippen LogP contribution in [-0.2, 0) is 14.6 Å². The van der Waals surface area contributed by atoms with E-state index in [9.17, 15) is 17.6 Å². The summed E-state index contributed by atoms with van der Waals surface area (Å²) in [5, 5.41) is 0.0498. The van der Waals surface area contributed by atoms with E-state index in [1.807, 2.05) is 0 Å². The van der Waals surface area contributed by atoms with Crippen LogP contribution in [0.15, 0.2) is 23.2 Å². The van der Waals surface area contributed by atoms with E-state index in [4.69, 9.17) is 23.2 Å². The van der Waals surface area contributed by atoms with Crippen molar-refractivity contribution in [1.29, 1.82) is 0 Å². The molecular weight excluding hydrogens is 386 g/mol. The number of fused-ring (bicyclic) bond motifs is 1. The van der Waals surface area contributed by atoms with E-state index < -0.39 is 21.6 Å². The molecule has 0 aromatic heterocycles. The molecule has 2 heterocycles. The van der Waals surface area contributed by atoms with Gasteiger partial charge in [-0.25, -0.2) is 12.8 Å². The number of benzene rings is 1. The molecule has 0 bridgehead atoms. The van der Waals surface area contributed by atoms with Gasteiger partial charge in [0.1, 0.15) is 11.7 Å². The Balaban J connectivity index is 2.04. The summed E-state index contributed by atoms with van der Waals surface area (Å²) in [4.78, 5) is 17.1. The maximum absolute atomic E-state index is 13.4. The molecule has 124 valence electrons. The van der Waals surface area contributed by atoms with Crippen LogP contribution in [0, 0.1) is 5.82 Å². The number of amides is 1. The molecule has 2 aliphatic rings. The summed E-state index contributed by atoms with van der Waals surface area (Å²) >= 11 is 12.5. The lowest BCUT2D eigenvalue weighted by Gasteiger charge is -2.24. The summed E-state index contributed by atoms with van der Waals surface area (Å²) in [6, 6.07) is 3.70. The highest BCUT2D eigenvalue weighted by Gasteiger charge is 2.49. The van der Waals surface area contributed by atoms with Crippen LogP contribution in [0.25, 0.3) is 0 Å². The highest BCUT2D eigenvalue weighted by atomic mass is 35.5. The molecule has 1 aromatic carbocycles. The third-order valence-corrected chi connectivity index (χ3v) is 7.31. The minimum atomic E-state index is -3.16. The molecule has 0 N–H and O–H groups in total. The number of aliphatic imine (C=N–C) groups is 1. The number of carbonyl (C=O) groups is 1. The largest absolute Gasteiger partial charge is 0.316 e. The van der Waals surface area contributed by atoms with Crippen molar-refractivity contribution in [3.05, 3.63) is 29.0 Å². The van der Waals surface area contributed by atoms with Gasteiger partial charge >= 0.3 is 0 Å². The van der Waals surface area contributed by atoms with Gasteiger partial charge < -0.3 is 4.90 Å². The fourth-order valence-electron chi connectivity index (χ4n) is 2.64. The second-order valence-corrected chi connectivity index (χ2v) is 9.23. The topological polar surface area (TPSA) is 66.8 Å². The number of amidine groups is 1. The van der Waals surface area contributed by atoms with Crippen LogP contribution in [0.3, 0.4) is 0 Å². The average molecular weight is 397 g/mol. The van der Waals surface area contributed by atoms with Gasteiger partial charge in [-0.3, -0.25) is 4.79 Å². The molecule has 0 radical (unpaired) electrons. The zero-order valence-electron chi connectivity index (χ0n) is 11.6. The van der Waals surface area contributed by atoms with E-state index in [2.05, 4.69) is 4.99 Å². The monoisotopic (exact) mass is 396 g/mol. The Hall–Kier alpha value is -0.830. The number of sulfone groups is 1. The molecule has 0 spiro atoms. The van der Waals surface area contributed by atoms with Gasteiger partial charge in [-0.1, -0.05) is 23.4 Å². The molecule has 10 heteroatoms. The zero-order chi connectivity index (χ0) is 16.8. The van der Waals surface area contributed by atoms with Gasteiger partial charge in [0.15, 0.2) is 15.0 Å². The predicted molar refractivity (Wildman–Crippen MR) is 90.9 cm³/mol. The number of nitrogens with zero attached hydrogens (tertiary/aromatic N) is 2. The fourth-order valence-corrected chi connectivity index (χ4v) is 6.80. The highest BCUT2D eigenvalue weighted by molar-refractivity contribution is 8.16. The average Bonchev–Trinajstić information content (AvgIpc) is 2.93. The quantitative estimate of drug-likeness (QED) is 0.717. The van der Waals surface area contributed by atoms with Crippen molar-refractivity contribution >= 4 is 61.6 Å². The van der Waals surface area contributed by atoms with Gasteiger partial charge in [-0.2, -0.15) is 4.99 Å². The van der Waals surface area contributed by atoms with Crippen LogP contribution < -0.4 is 4.90 Å². The summed E-state index contributed by atoms with van der Waals surface area (Å²) in [6.07, 6.45) is 0. The van der Waals surface area contributed by atoms with E-state index in [0.717, 1.165) is 0 Å². The van der Waals surface area contributed by atoms with E-state index >= 15 is 0 Å². The summed E-state index contributed by atoms with van der Waals surface area (Å²) < 4.78 is 37.1. The molecule has 2 unspecified atom stereocenters. The van der Waals surface area contributed by atoms with Gasteiger partial charge in [0.25, 0.3) is 5.91 Å². The Morgan fingerprint density at radius 3 is 2.83 bits per heavy atom. The molecule has 1 amide bonds. The lowest BCUT2D eigenvalue weighted by Crippen LogP contribution is -2.37. The van der Waals surface area contributed by atoms with Crippen LogP contribution in [0.2, 0.25) is 5.02 Å². The predicted octanol–water partition coefficient (Wildman–Crippen LogP) is 2.32. The lowest BCUT2D eigenvalue weighted by molar-refractivity contribution is -0.115. The normalized spacial score (nSPS) is 27.4. The van der Waals surface area contributed by atoms with E-state index in [-0.39, 0.29) is 33.7 Å². The summed E-state index contributed by atoms with van der Waals surface area (Å²) in [5.74, 6) is -1.39. The maximum Gasteiger partial charge on any atom is 0.262 e. The van der Waals surface area contributed by atoms with Crippen LogP contribution in [0.5, 0.6) is 0 Å². The van der Waals surface area contributed by atoms with Gasteiger partial charge in [0, 0.05) is 10.9 Å². The molecule has 0 saturated carbocycles. The van der Waals surface area contributed by atoms with E-state index in [1.54, 1.807) is 4.90 Å². The van der Waals surface area contributed by atoms with Crippen molar-refractivity contribution in [2.24, 2.45) is 4.99 Å². The minimum absolute atomic E-state index is 0.0157. The number of rotatable bonds is 2. The van der Waals surface area contributed by atoms with Crippen molar-refractivity contribution < 1.29 is 17.6 Å². The Labute approximate surface area is 146 Å². The molecule has 2 saturated heterocycles. The van der Waals surface area contributed by atoms with E-state index in [1.165, 1.54) is 30.0 Å². The lowest BCUT2D eigenvalue weighted by atomic mass is 10.2. The number of thioether (sulfide) groups is 1. The maximum atomic E-state index is 13.4. The van der Waals surface area contributed by atoms with Crippen molar-refractivity contribution in [3.8, 4) is 0 Å². The second kappa shape index (κ2) is 6.23. The van der Waals surface area contributed by atoms with Crippen LogP contribution in [-0.4, -0.2) is 48.2 Å². The summed E-state index contributed by atoms with van der Waals surface area (Å²) in [6.45, 7) is 0. The Morgan fingerprint density at radius 1 is 1.43 bits per heavy atom. The number of halogens is 3. The van der Waals surface area contributed by atoms with Crippen molar-refractivity contribution in [2.75, 3.05) is 22.3 Å². The van der Waals surface area contributed by atoms with Gasteiger partial charge in [0.2, 0.25) is 0 Å². The Morgan fingerprint density at radius 2 is 2.17 bits per heavy atom. The van der Waals surface area contributed by atoms with Gasteiger partial charge in [-0.15, -0.1) is 11.6 Å². The molecular formula is C13H11Cl2FN2O3S2. The molecule has 2 aliphatic heterocycles. The molecule has 5 nitrogen and oxygen atoms in total. The SMILES string of the molecule is O=C(CCl)N=C1SC2CS(=O)(=O)CC2N1c1ccc(F)c(Cl)c1. The highest BCUT2D eigenvalue weighted by Crippen LogP contribution is 2.41. The van der Waals surface area contributed by atoms with E-state index in [0.29, 0.717) is 10.9 Å². The standard InChI is InChI=1S/C13H11Cl2FN2O3S2/c14-4-12(19)17-13-18(7-1-2-9(16)8(15)3-7)10-5-23(20,21)6-11(10)22-13/h1-3,10-11H,4-6H2. The molecule has 2 atom stereocenters. The van der Waals surface area contributed by atoms with Crippen molar-refractivity contribution in [2.45, 2.75) is 11.3 Å². The van der Waals surface area contributed by atoms with Gasteiger partial charge in [0.05, 0.1) is 22.6 Å². The number of carbonyl (C=O) groups excluding carboxylic acids is 1. The third-order valence-electron chi connectivity index (χ3n) is 3.58. The van der Waals surface area contributed by atoms with Crippen LogP contribution in [0.4, 0.5) is 10.1 Å².